The van der Waals surface area contributed by atoms with Crippen molar-refractivity contribution in [3.63, 3.8) is 0 Å². The van der Waals surface area contributed by atoms with Crippen LogP contribution in [0.15, 0.2) is 6.33 Å². The first-order valence-electron chi connectivity index (χ1n) is 10.6. The van der Waals surface area contributed by atoms with Crippen molar-refractivity contribution in [3.8, 4) is 0 Å². The van der Waals surface area contributed by atoms with Crippen molar-refractivity contribution in [2.75, 3.05) is 19.0 Å². The Balaban J connectivity index is 1.68. The van der Waals surface area contributed by atoms with Crippen molar-refractivity contribution in [2.45, 2.75) is 76.7 Å². The Labute approximate surface area is 185 Å². The topological polar surface area (TPSA) is 92.6 Å². The molecule has 4 atom stereocenters. The Morgan fingerprint density at radius 3 is 2.65 bits per heavy atom. The van der Waals surface area contributed by atoms with Crippen molar-refractivity contribution in [1.29, 1.82) is 0 Å². The molecule has 0 unspecified atom stereocenters. The van der Waals surface area contributed by atoms with Crippen LogP contribution >= 0.6 is 0 Å². The summed E-state index contributed by atoms with van der Waals surface area (Å²) in [5.74, 6) is 1.15. The molecule has 12 heteroatoms. The van der Waals surface area contributed by atoms with Gasteiger partial charge in [0.25, 0.3) is 0 Å². The molecule has 31 heavy (non-hydrogen) atoms. The number of aryl methyl sites for hydroxylation is 1. The first-order valence-corrected chi connectivity index (χ1v) is 13.4. The molecule has 2 aliphatic heterocycles. The molecule has 0 amide bonds. The molecule has 0 saturated carbocycles. The van der Waals surface area contributed by atoms with Gasteiger partial charge in [0.2, 0.25) is 0 Å². The molecule has 0 bridgehead atoms. The maximum Gasteiger partial charge on any atom is 0.423 e. The van der Waals surface area contributed by atoms with Crippen LogP contribution in [0.25, 0.3) is 11.2 Å². The molecule has 0 aromatic carbocycles. The lowest BCUT2D eigenvalue weighted by atomic mass is 9.98. The predicted molar refractivity (Wildman–Crippen MR) is 117 cm³/mol. The third-order valence-corrected chi connectivity index (χ3v) is 12.0. The van der Waals surface area contributed by atoms with E-state index in [2.05, 4.69) is 48.0 Å². The first-order chi connectivity index (χ1) is 14.6. The molecule has 4 heterocycles. The highest BCUT2D eigenvalue weighted by Crippen LogP contribution is 2.46. The standard InChI is InChI=1S/C19H30FN5O4Si2/c1-10(2)31(11(3)4)26-8-13-15(28-30-29-31)19(6,20)18(27-13)25-9-22-14-16(21-7)23-12(5)24-17(14)25/h9-11,13,15,18H,8H2,1-7H3,(H,21,23,24)/t13-,15-,18-,19-/m1/s1. The number of nitrogens with one attached hydrogen (secondary N) is 1. The Morgan fingerprint density at radius 1 is 1.29 bits per heavy atom. The van der Waals surface area contributed by atoms with E-state index in [1.54, 1.807) is 24.9 Å². The Hall–Kier alpha value is -1.45. The number of halogens is 1. The highest BCUT2D eigenvalue weighted by molar-refractivity contribution is 6.73. The van der Waals surface area contributed by atoms with Gasteiger partial charge in [0.1, 0.15) is 18.0 Å². The second-order valence-corrected chi connectivity index (χ2v) is 14.2. The van der Waals surface area contributed by atoms with Crippen molar-refractivity contribution in [3.05, 3.63) is 12.2 Å². The van der Waals surface area contributed by atoms with Gasteiger partial charge in [0.15, 0.2) is 28.9 Å². The van der Waals surface area contributed by atoms with E-state index in [-0.39, 0.29) is 27.7 Å². The molecule has 9 nitrogen and oxygen atoms in total. The summed E-state index contributed by atoms with van der Waals surface area (Å²) in [5.41, 5.74) is -0.316. The van der Waals surface area contributed by atoms with Gasteiger partial charge in [0.05, 0.1) is 12.9 Å². The summed E-state index contributed by atoms with van der Waals surface area (Å²) in [7, 11) is -1.08. The zero-order chi connectivity index (χ0) is 22.6. The van der Waals surface area contributed by atoms with Crippen LogP contribution in [0.5, 0.6) is 0 Å². The van der Waals surface area contributed by atoms with Crippen LogP contribution in [0.2, 0.25) is 11.1 Å². The van der Waals surface area contributed by atoms with Gasteiger partial charge in [-0.2, -0.15) is 0 Å². The molecule has 2 saturated heterocycles. The molecule has 0 aliphatic carbocycles. The highest BCUT2D eigenvalue weighted by Gasteiger charge is 2.59. The van der Waals surface area contributed by atoms with Crippen molar-refractivity contribution in [1.82, 2.24) is 19.5 Å². The number of alkyl halides is 1. The number of nitrogens with zero attached hydrogens (tertiary/aromatic N) is 4. The quantitative estimate of drug-likeness (QED) is 0.686. The van der Waals surface area contributed by atoms with E-state index in [4.69, 9.17) is 17.7 Å². The van der Waals surface area contributed by atoms with Crippen molar-refractivity contribution in [2.24, 2.45) is 0 Å². The van der Waals surface area contributed by atoms with Gasteiger partial charge < -0.3 is 23.0 Å². The molecule has 4 rings (SSSR count). The predicted octanol–water partition coefficient (Wildman–Crippen LogP) is 3.03. The molecule has 0 spiro atoms. The van der Waals surface area contributed by atoms with E-state index < -0.39 is 32.7 Å². The number of hydrogen-bond acceptors (Lipinski definition) is 8. The van der Waals surface area contributed by atoms with Gasteiger partial charge in [-0.05, 0) is 24.9 Å². The molecule has 2 aromatic heterocycles. The summed E-state index contributed by atoms with van der Waals surface area (Å²) in [5, 5.41) is 3.01. The number of aromatic nitrogens is 4. The van der Waals surface area contributed by atoms with E-state index in [0.717, 1.165) is 0 Å². The van der Waals surface area contributed by atoms with Gasteiger partial charge in [-0.15, -0.1) is 0 Å². The fraction of sp³-hybridized carbons (Fsp3) is 0.737. The van der Waals surface area contributed by atoms with Crippen LogP contribution in [0, 0.1) is 6.92 Å². The largest absolute Gasteiger partial charge is 0.423 e. The van der Waals surface area contributed by atoms with Crippen LogP contribution in [-0.2, 0) is 17.7 Å². The van der Waals surface area contributed by atoms with Crippen LogP contribution in [0.3, 0.4) is 0 Å². The molecular formula is C19H30FN5O4Si2. The number of rotatable bonds is 4. The number of ether oxygens (including phenoxy) is 1. The highest BCUT2D eigenvalue weighted by atomic mass is 28.4. The smallest absolute Gasteiger partial charge is 0.413 e. The van der Waals surface area contributed by atoms with E-state index in [1.165, 1.54) is 6.92 Å². The number of fused-ring (bicyclic) bond motifs is 2. The van der Waals surface area contributed by atoms with Crippen LogP contribution in [0.1, 0.15) is 46.7 Å². The van der Waals surface area contributed by atoms with E-state index in [1.807, 2.05) is 0 Å². The lowest BCUT2D eigenvalue weighted by Gasteiger charge is -2.40. The number of hydrogen-bond donors (Lipinski definition) is 1. The summed E-state index contributed by atoms with van der Waals surface area (Å²) >= 11 is 0. The third-order valence-electron chi connectivity index (χ3n) is 6.16. The Morgan fingerprint density at radius 2 is 2.00 bits per heavy atom. The molecule has 2 aliphatic rings. The normalized spacial score (nSPS) is 31.1. The summed E-state index contributed by atoms with van der Waals surface area (Å²) < 4.78 is 42.6. The van der Waals surface area contributed by atoms with Crippen LogP contribution in [0.4, 0.5) is 10.2 Å². The van der Waals surface area contributed by atoms with E-state index in [0.29, 0.717) is 22.8 Å². The summed E-state index contributed by atoms with van der Waals surface area (Å²) in [4.78, 5) is 13.3. The molecule has 2 aromatic rings. The van der Waals surface area contributed by atoms with E-state index >= 15 is 4.39 Å². The second kappa shape index (κ2) is 8.16. The van der Waals surface area contributed by atoms with Crippen molar-refractivity contribution < 1.29 is 22.1 Å². The fourth-order valence-electron chi connectivity index (χ4n) is 4.52. The maximum atomic E-state index is 16.2. The van der Waals surface area contributed by atoms with Crippen LogP contribution < -0.4 is 5.32 Å². The minimum Gasteiger partial charge on any atom is -0.413 e. The molecule has 1 N–H and O–H groups in total. The minimum absolute atomic E-state index is 0.218. The molecule has 170 valence electrons. The monoisotopic (exact) mass is 467 g/mol. The Bertz CT molecular complexity index is 949. The van der Waals surface area contributed by atoms with Gasteiger partial charge in [-0.3, -0.25) is 4.57 Å². The van der Waals surface area contributed by atoms with Crippen LogP contribution in [-0.4, -0.2) is 69.6 Å². The zero-order valence-electron chi connectivity index (χ0n) is 19.0. The zero-order valence-corrected chi connectivity index (χ0v) is 21.0. The fourth-order valence-corrected chi connectivity index (χ4v) is 10.3. The number of imidazole rings is 1. The summed E-state index contributed by atoms with van der Waals surface area (Å²) in [6.45, 7) is 11.9. The Kier molecular flexibility index (Phi) is 5.98. The second-order valence-electron chi connectivity index (χ2n) is 8.94. The molecular weight excluding hydrogens is 437 g/mol. The SMILES string of the molecule is CNc1nc(C)nc2c1ncn2[C@@H]1O[C@@H]2CO[Si](C(C)C)(C(C)C)O[Si]O[C@H]2[C@@]1(C)F. The average molecular weight is 468 g/mol. The van der Waals surface area contributed by atoms with Gasteiger partial charge in [-0.25, -0.2) is 19.3 Å². The lowest BCUT2D eigenvalue weighted by Crippen LogP contribution is -2.55. The maximum absolute atomic E-state index is 16.2. The van der Waals surface area contributed by atoms with Gasteiger partial charge in [0, 0.05) is 7.05 Å². The minimum atomic E-state index is -2.54. The average Bonchev–Trinajstić information content (AvgIpc) is 3.19. The van der Waals surface area contributed by atoms with Crippen molar-refractivity contribution >= 4 is 35.5 Å². The lowest BCUT2D eigenvalue weighted by molar-refractivity contribution is -0.0579. The first kappa shape index (κ1) is 22.7. The molecule has 2 radical (unpaired) electrons. The summed E-state index contributed by atoms with van der Waals surface area (Å²) in [6.07, 6.45) is -0.814. The van der Waals surface area contributed by atoms with Gasteiger partial charge in [-0.1, -0.05) is 27.7 Å². The number of anilines is 1. The van der Waals surface area contributed by atoms with Gasteiger partial charge >= 0.3 is 18.6 Å². The van der Waals surface area contributed by atoms with E-state index in [9.17, 15) is 0 Å². The molecule has 2 fully saturated rings. The third kappa shape index (κ3) is 3.62. The summed E-state index contributed by atoms with van der Waals surface area (Å²) in [6, 6.07) is 0.